The van der Waals surface area contributed by atoms with Crippen LogP contribution in [-0.4, -0.2) is 52.7 Å². The van der Waals surface area contributed by atoms with Crippen LogP contribution in [0.1, 0.15) is 55.5 Å². The molecule has 0 amide bonds. The van der Waals surface area contributed by atoms with Gasteiger partial charge in [0, 0.05) is 10.8 Å². The third kappa shape index (κ3) is 12.6. The summed E-state index contributed by atoms with van der Waals surface area (Å²) in [6, 6.07) is 27.9. The lowest BCUT2D eigenvalue weighted by Crippen LogP contribution is -2.28. The molecule has 0 bridgehead atoms. The van der Waals surface area contributed by atoms with Crippen molar-refractivity contribution >= 4 is 30.4 Å². The summed E-state index contributed by atoms with van der Waals surface area (Å²) in [6.45, 7) is 10.2. The van der Waals surface area contributed by atoms with Gasteiger partial charge in [0.25, 0.3) is 10.1 Å². The van der Waals surface area contributed by atoms with Crippen molar-refractivity contribution in [1.29, 1.82) is 0 Å². The number of phenols is 2. The Hall–Kier alpha value is -4.33. The van der Waals surface area contributed by atoms with Crippen LogP contribution in [0.2, 0.25) is 0 Å². The Morgan fingerprint density at radius 1 is 0.491 bits per heavy atom. The quantitative estimate of drug-likeness (QED) is 0.102. The lowest BCUT2D eigenvalue weighted by Gasteiger charge is -2.26. The van der Waals surface area contributed by atoms with Gasteiger partial charge in [-0.15, -0.1) is 3.63 Å². The average molecular weight is 815 g/mol. The number of alkyl halides is 6. The molecule has 19 heteroatoms. The van der Waals surface area contributed by atoms with Crippen molar-refractivity contribution in [2.45, 2.75) is 56.5 Å². The third-order valence-corrected chi connectivity index (χ3v) is 10.8. The molecule has 0 unspecified atom stereocenters. The van der Waals surface area contributed by atoms with Crippen molar-refractivity contribution < 1.29 is 69.6 Å². The summed E-state index contributed by atoms with van der Waals surface area (Å²) >= 11 is 0. The van der Waals surface area contributed by atoms with Crippen LogP contribution in [0.15, 0.2) is 97.1 Å². The standard InChI is InChI=1S/C17H17F3O3S.C15H16O2.C2H3F3O5S2/c1-12-4-6-13(7-5-12)16(2,3)14-8-10-15(11-9-14)23-24(21,22)17(18,19)20;1-15(2,11-3-7-13(16)8-4-11)12-5-9-14(17)10-6-12;1-11(6,7)10-12(8,9)2(3,4)5/h4-11H,1-3H3;3-10,16-17H,1-2H3;1H3. The molecule has 0 aliphatic carbocycles. The zero-order chi connectivity index (χ0) is 40.8. The molecule has 4 aromatic carbocycles. The second-order valence-electron chi connectivity index (χ2n) is 12.4. The number of phenolic OH excluding ortho intramolecular Hbond substituents is 2. The average Bonchev–Trinajstić information content (AvgIpc) is 3.00. The molecule has 0 radical (unpaired) electrons. The monoisotopic (exact) mass is 814 g/mol. The highest BCUT2D eigenvalue weighted by Gasteiger charge is 2.50. The highest BCUT2D eigenvalue weighted by molar-refractivity contribution is 7.99. The van der Waals surface area contributed by atoms with Crippen LogP contribution >= 0.6 is 0 Å². The van der Waals surface area contributed by atoms with E-state index >= 15 is 0 Å². The molecule has 2 N–H and O–H groups in total. The van der Waals surface area contributed by atoms with Crippen LogP contribution < -0.4 is 4.18 Å². The number of aromatic hydroxyl groups is 2. The topological polar surface area (TPSA) is 161 Å². The van der Waals surface area contributed by atoms with Gasteiger partial charge in [-0.3, -0.25) is 0 Å². The lowest BCUT2D eigenvalue weighted by atomic mass is 9.78. The molecule has 0 aromatic heterocycles. The molecule has 0 aliphatic rings. The molecule has 0 saturated heterocycles. The SMILES string of the molecule is CC(C)(c1ccc(O)cc1)c1ccc(O)cc1.CS(=O)(=O)OS(=O)(=O)C(F)(F)F.Cc1ccc(C(C)(C)c2ccc(OS(=O)(=O)C(F)(F)F)cc2)cc1. The Labute approximate surface area is 304 Å². The van der Waals surface area contributed by atoms with Gasteiger partial charge in [0.2, 0.25) is 0 Å². The van der Waals surface area contributed by atoms with Gasteiger partial charge >= 0.3 is 31.3 Å². The second-order valence-corrected chi connectivity index (χ2v) is 17.3. The highest BCUT2D eigenvalue weighted by atomic mass is 32.3. The van der Waals surface area contributed by atoms with Gasteiger partial charge < -0.3 is 14.4 Å². The number of hydrogen-bond donors (Lipinski definition) is 2. The smallest absolute Gasteiger partial charge is 0.508 e. The van der Waals surface area contributed by atoms with Gasteiger partial charge in [-0.25, -0.2) is 0 Å². The number of benzene rings is 4. The first-order valence-electron chi connectivity index (χ1n) is 14.9. The van der Waals surface area contributed by atoms with Crippen molar-refractivity contribution in [1.82, 2.24) is 0 Å². The van der Waals surface area contributed by atoms with E-state index in [1.54, 1.807) is 36.4 Å². The summed E-state index contributed by atoms with van der Waals surface area (Å²) in [5, 5.41) is 18.6. The van der Waals surface area contributed by atoms with Gasteiger partial charge in [-0.1, -0.05) is 93.9 Å². The molecule has 0 spiro atoms. The van der Waals surface area contributed by atoms with Crippen molar-refractivity contribution in [3.05, 3.63) is 125 Å². The molecule has 0 fully saturated rings. The van der Waals surface area contributed by atoms with E-state index in [4.69, 9.17) is 0 Å². The highest BCUT2D eigenvalue weighted by Crippen LogP contribution is 2.35. The predicted molar refractivity (Wildman–Crippen MR) is 185 cm³/mol. The van der Waals surface area contributed by atoms with Crippen LogP contribution in [0.3, 0.4) is 0 Å². The van der Waals surface area contributed by atoms with E-state index in [9.17, 15) is 61.8 Å². The normalized spacial score (nSPS) is 12.8. The first-order chi connectivity index (χ1) is 23.9. The zero-order valence-electron chi connectivity index (χ0n) is 28.9. The summed E-state index contributed by atoms with van der Waals surface area (Å²) in [7, 11) is -16.4. The molecule has 53 heavy (non-hydrogen) atoms. The molecule has 292 valence electrons. The first kappa shape index (κ1) is 44.8. The van der Waals surface area contributed by atoms with Gasteiger partial charge in [0.1, 0.15) is 17.2 Å². The predicted octanol–water partition coefficient (Wildman–Crippen LogP) is 7.79. The maximum Gasteiger partial charge on any atom is 0.534 e. The van der Waals surface area contributed by atoms with Gasteiger partial charge in [0.05, 0.1) is 6.26 Å². The van der Waals surface area contributed by atoms with Crippen molar-refractivity contribution in [3.63, 3.8) is 0 Å². The van der Waals surface area contributed by atoms with E-state index in [1.165, 1.54) is 12.1 Å². The van der Waals surface area contributed by atoms with Crippen LogP contribution in [0.4, 0.5) is 26.3 Å². The maximum absolute atomic E-state index is 12.3. The van der Waals surface area contributed by atoms with E-state index in [2.05, 4.69) is 21.7 Å². The molecular formula is C34H36F6O10S3. The van der Waals surface area contributed by atoms with Crippen LogP contribution in [-0.2, 0) is 44.8 Å². The molecule has 0 saturated carbocycles. The van der Waals surface area contributed by atoms with E-state index in [0.717, 1.165) is 27.8 Å². The second kappa shape index (κ2) is 16.4. The maximum atomic E-state index is 12.3. The third-order valence-electron chi connectivity index (χ3n) is 7.51. The number of rotatable bonds is 8. The Morgan fingerprint density at radius 2 is 0.774 bits per heavy atom. The molecule has 0 aliphatic heterocycles. The summed E-state index contributed by atoms with van der Waals surface area (Å²) < 4.78 is 140. The van der Waals surface area contributed by atoms with E-state index in [-0.39, 0.29) is 28.9 Å². The number of hydrogen-bond acceptors (Lipinski definition) is 10. The number of halogens is 6. The Bertz CT molecular complexity index is 2100. The minimum absolute atomic E-state index is 0.151. The minimum atomic E-state index is -6.04. The van der Waals surface area contributed by atoms with Gasteiger partial charge in [0.15, 0.2) is 0 Å². The van der Waals surface area contributed by atoms with Gasteiger partial charge in [-0.05, 0) is 65.6 Å². The zero-order valence-corrected chi connectivity index (χ0v) is 31.3. The molecular weight excluding hydrogens is 779 g/mol. The fraction of sp³-hybridized carbons (Fsp3) is 0.294. The first-order valence-corrected chi connectivity index (χ1v) is 19.5. The summed E-state index contributed by atoms with van der Waals surface area (Å²) in [6.07, 6.45) is 0.191. The van der Waals surface area contributed by atoms with E-state index < -0.39 is 46.8 Å². The number of aryl methyl sites for hydroxylation is 1. The van der Waals surface area contributed by atoms with Crippen LogP contribution in [0, 0.1) is 6.92 Å². The van der Waals surface area contributed by atoms with Crippen molar-refractivity contribution in [3.8, 4) is 17.2 Å². The molecule has 4 aromatic rings. The fourth-order valence-electron chi connectivity index (χ4n) is 4.36. The van der Waals surface area contributed by atoms with Gasteiger partial charge in [-0.2, -0.15) is 51.6 Å². The minimum Gasteiger partial charge on any atom is -0.508 e. The fourth-order valence-corrected chi connectivity index (χ4v) is 6.43. The molecule has 0 heterocycles. The Balaban J connectivity index is 0.000000293. The van der Waals surface area contributed by atoms with E-state index in [0.29, 0.717) is 0 Å². The largest absolute Gasteiger partial charge is 0.534 e. The Kier molecular flexibility index (Phi) is 13.8. The van der Waals surface area contributed by atoms with Crippen molar-refractivity contribution in [2.24, 2.45) is 0 Å². The summed E-state index contributed by atoms with van der Waals surface area (Å²) in [4.78, 5) is 0. The molecule has 4 rings (SSSR count). The lowest BCUT2D eigenvalue weighted by molar-refractivity contribution is -0.0503. The van der Waals surface area contributed by atoms with Crippen molar-refractivity contribution in [2.75, 3.05) is 6.26 Å². The molecule has 10 nitrogen and oxygen atoms in total. The van der Waals surface area contributed by atoms with Crippen LogP contribution in [0.5, 0.6) is 17.2 Å². The van der Waals surface area contributed by atoms with Crippen LogP contribution in [0.25, 0.3) is 0 Å². The Morgan fingerprint density at radius 3 is 1.04 bits per heavy atom. The summed E-state index contributed by atoms with van der Waals surface area (Å²) in [5.41, 5.74) is -6.50. The van der Waals surface area contributed by atoms with E-state index in [1.807, 2.05) is 69.3 Å². The molecule has 0 atom stereocenters. The summed E-state index contributed by atoms with van der Waals surface area (Å²) in [5.74, 6) is 0.168.